The van der Waals surface area contributed by atoms with Gasteiger partial charge in [-0.3, -0.25) is 14.9 Å². The number of methoxy groups -OCH3 is 3. The number of hydrogen-bond acceptors (Lipinski definition) is 9. The van der Waals surface area contributed by atoms with Gasteiger partial charge in [0, 0.05) is 93.5 Å². The Bertz CT molecular complexity index is 1700. The smallest absolute Gasteiger partial charge is 0.243 e. The lowest BCUT2D eigenvalue weighted by Crippen LogP contribution is -2.49. The number of nitrogens with zero attached hydrogens (tertiary/aromatic N) is 5. The topological polar surface area (TPSA) is 97.3 Å². The summed E-state index contributed by atoms with van der Waals surface area (Å²) in [6.45, 7) is 10.5. The molecular formula is C35H45N5O5S. The molecule has 1 aliphatic heterocycles. The summed E-state index contributed by atoms with van der Waals surface area (Å²) < 4.78 is 46.8. The van der Waals surface area contributed by atoms with Gasteiger partial charge in [-0.2, -0.15) is 4.31 Å². The van der Waals surface area contributed by atoms with Crippen molar-refractivity contribution in [2.75, 3.05) is 60.6 Å². The minimum atomic E-state index is -3.80. The lowest BCUT2D eigenvalue weighted by Gasteiger charge is -2.39. The van der Waals surface area contributed by atoms with Gasteiger partial charge in [-0.1, -0.05) is 32.0 Å². The first-order valence-corrected chi connectivity index (χ1v) is 17.0. The van der Waals surface area contributed by atoms with Gasteiger partial charge in [0.2, 0.25) is 15.8 Å². The highest BCUT2D eigenvalue weighted by atomic mass is 32.2. The fourth-order valence-electron chi connectivity index (χ4n) is 6.18. The van der Waals surface area contributed by atoms with Crippen LogP contribution in [0, 0.1) is 5.41 Å². The lowest BCUT2D eigenvalue weighted by molar-refractivity contribution is 0.0873. The normalized spacial score (nSPS) is 14.9. The van der Waals surface area contributed by atoms with Crippen molar-refractivity contribution in [3.63, 3.8) is 0 Å². The van der Waals surface area contributed by atoms with Crippen molar-refractivity contribution in [3.05, 3.63) is 84.4 Å². The average Bonchev–Trinajstić information content (AvgIpc) is 3.07. The van der Waals surface area contributed by atoms with Gasteiger partial charge in [-0.25, -0.2) is 8.42 Å². The van der Waals surface area contributed by atoms with Crippen molar-refractivity contribution < 1.29 is 22.6 Å². The van der Waals surface area contributed by atoms with Crippen molar-refractivity contribution in [1.29, 1.82) is 0 Å². The molecule has 4 aromatic rings. The van der Waals surface area contributed by atoms with Crippen LogP contribution in [0.5, 0.6) is 17.2 Å². The molecule has 0 saturated carbocycles. The molecule has 0 atom stereocenters. The molecule has 0 aliphatic carbocycles. The molecule has 5 rings (SSSR count). The van der Waals surface area contributed by atoms with Gasteiger partial charge < -0.3 is 19.1 Å². The van der Waals surface area contributed by atoms with Gasteiger partial charge in [0.1, 0.15) is 0 Å². The van der Waals surface area contributed by atoms with Crippen LogP contribution in [-0.2, 0) is 23.1 Å². The number of pyridine rings is 2. The maximum absolute atomic E-state index is 14.2. The lowest BCUT2D eigenvalue weighted by atomic mass is 9.88. The van der Waals surface area contributed by atoms with Gasteiger partial charge in [0.15, 0.2) is 11.5 Å². The Morgan fingerprint density at radius 2 is 1.52 bits per heavy atom. The Hall–Kier alpha value is -3.77. The molecular weight excluding hydrogens is 602 g/mol. The predicted octanol–water partition coefficient (Wildman–Crippen LogP) is 5.08. The second-order valence-corrected chi connectivity index (χ2v) is 14.4. The summed E-state index contributed by atoms with van der Waals surface area (Å²) in [6, 6.07) is 14.8. The summed E-state index contributed by atoms with van der Waals surface area (Å²) in [6.07, 6.45) is 7.46. The zero-order valence-electron chi connectivity index (χ0n) is 27.5. The summed E-state index contributed by atoms with van der Waals surface area (Å²) in [5, 5.41) is 1.48. The van der Waals surface area contributed by atoms with Gasteiger partial charge in [-0.05, 0) is 47.7 Å². The second-order valence-electron chi connectivity index (χ2n) is 12.5. The van der Waals surface area contributed by atoms with E-state index in [2.05, 4.69) is 33.6 Å². The summed E-state index contributed by atoms with van der Waals surface area (Å²) in [4.78, 5) is 13.5. The molecule has 0 unspecified atom stereocenters. The first-order valence-electron chi connectivity index (χ1n) is 15.6. The number of aromatic nitrogens is 2. The third-order valence-corrected chi connectivity index (χ3v) is 10.6. The minimum absolute atomic E-state index is 0.108. The van der Waals surface area contributed by atoms with Crippen LogP contribution in [-0.4, -0.2) is 93.1 Å². The third-order valence-electron chi connectivity index (χ3n) is 8.70. The number of rotatable bonds is 14. The van der Waals surface area contributed by atoms with Crippen LogP contribution in [0.15, 0.2) is 78.2 Å². The summed E-state index contributed by atoms with van der Waals surface area (Å²) in [7, 11) is 1.11. The first-order chi connectivity index (χ1) is 22.1. The molecule has 0 N–H and O–H groups in total. The standard InChI is InChI=1S/C35H45N5O5S/c1-35(2,26-39-21-19-38(20-22-39)25-29-9-10-31(43-3)34(45-5)33(29)44-4)14-18-40(24-27-11-15-36-16-12-27)46(41,42)32-8-6-7-28-23-37-17-13-30(28)32/h6-13,15-17,23H,14,18-22,24-26H2,1-5H3. The molecule has 46 heavy (non-hydrogen) atoms. The van der Waals surface area contributed by atoms with Crippen LogP contribution in [0.2, 0.25) is 0 Å². The van der Waals surface area contributed by atoms with E-state index in [0.29, 0.717) is 40.5 Å². The zero-order chi connectivity index (χ0) is 32.7. The van der Waals surface area contributed by atoms with Crippen molar-refractivity contribution >= 4 is 20.8 Å². The Morgan fingerprint density at radius 3 is 2.22 bits per heavy atom. The maximum Gasteiger partial charge on any atom is 0.243 e. The molecule has 2 aromatic carbocycles. The fraction of sp³-hybridized carbons (Fsp3) is 0.429. The van der Waals surface area contributed by atoms with Crippen molar-refractivity contribution in [3.8, 4) is 17.2 Å². The van der Waals surface area contributed by atoms with E-state index in [1.807, 2.05) is 30.3 Å². The van der Waals surface area contributed by atoms with Crippen molar-refractivity contribution in [1.82, 2.24) is 24.1 Å². The van der Waals surface area contributed by atoms with E-state index < -0.39 is 10.0 Å². The third kappa shape index (κ3) is 7.78. The Balaban J connectivity index is 1.24. The summed E-state index contributed by atoms with van der Waals surface area (Å²) >= 11 is 0. The second kappa shape index (κ2) is 14.8. The van der Waals surface area contributed by atoms with Crippen molar-refractivity contribution in [2.24, 2.45) is 5.41 Å². The molecule has 1 fully saturated rings. The summed E-state index contributed by atoms with van der Waals surface area (Å²) in [5.41, 5.74) is 1.86. The Kier molecular flexibility index (Phi) is 10.8. The largest absolute Gasteiger partial charge is 0.493 e. The molecule has 2 aromatic heterocycles. The maximum atomic E-state index is 14.2. The average molecular weight is 648 g/mol. The molecule has 1 saturated heterocycles. The summed E-state index contributed by atoms with van der Waals surface area (Å²) in [5.74, 6) is 1.97. The van der Waals surface area contributed by atoms with E-state index in [0.717, 1.165) is 55.8 Å². The van der Waals surface area contributed by atoms with E-state index in [-0.39, 0.29) is 12.0 Å². The van der Waals surface area contributed by atoms with Crippen LogP contribution in [0.1, 0.15) is 31.4 Å². The van der Waals surface area contributed by atoms with Crippen molar-refractivity contribution in [2.45, 2.75) is 38.3 Å². The number of benzene rings is 2. The van der Waals surface area contributed by atoms with E-state index in [1.165, 1.54) is 0 Å². The van der Waals surface area contributed by atoms with Gasteiger partial charge >= 0.3 is 0 Å². The SMILES string of the molecule is COc1ccc(CN2CCN(CC(C)(C)CCN(Cc3ccncc3)S(=O)(=O)c3cccc4cnccc34)CC2)c(OC)c1OC. The number of piperazine rings is 1. The van der Waals surface area contributed by atoms with Crippen LogP contribution in [0.25, 0.3) is 10.8 Å². The molecule has 11 heteroatoms. The molecule has 10 nitrogen and oxygen atoms in total. The molecule has 246 valence electrons. The molecule has 0 radical (unpaired) electrons. The molecule has 0 spiro atoms. The highest BCUT2D eigenvalue weighted by molar-refractivity contribution is 7.89. The van der Waals surface area contributed by atoms with Gasteiger partial charge in [0.05, 0.1) is 26.2 Å². The monoisotopic (exact) mass is 647 g/mol. The quantitative estimate of drug-likeness (QED) is 0.186. The van der Waals surface area contributed by atoms with E-state index >= 15 is 0 Å². The van der Waals surface area contributed by atoms with Crippen LogP contribution >= 0.6 is 0 Å². The molecule has 3 heterocycles. The Morgan fingerprint density at radius 1 is 0.826 bits per heavy atom. The van der Waals surface area contributed by atoms with Crippen LogP contribution in [0.3, 0.4) is 0 Å². The first kappa shape index (κ1) is 33.6. The minimum Gasteiger partial charge on any atom is -0.493 e. The highest BCUT2D eigenvalue weighted by Gasteiger charge is 2.31. The molecule has 0 amide bonds. The van der Waals surface area contributed by atoms with Gasteiger partial charge in [0.25, 0.3) is 0 Å². The van der Waals surface area contributed by atoms with E-state index in [4.69, 9.17) is 14.2 Å². The number of hydrogen-bond donors (Lipinski definition) is 0. The number of sulfonamides is 1. The fourth-order valence-corrected chi connectivity index (χ4v) is 7.82. The Labute approximate surface area is 273 Å². The zero-order valence-corrected chi connectivity index (χ0v) is 28.3. The highest BCUT2D eigenvalue weighted by Crippen LogP contribution is 2.40. The number of fused-ring (bicyclic) bond motifs is 1. The van der Waals surface area contributed by atoms with Crippen LogP contribution in [0.4, 0.5) is 0 Å². The number of ether oxygens (including phenoxy) is 3. The van der Waals surface area contributed by atoms with E-state index in [9.17, 15) is 8.42 Å². The van der Waals surface area contributed by atoms with Gasteiger partial charge in [-0.15, -0.1) is 0 Å². The predicted molar refractivity (Wildman–Crippen MR) is 180 cm³/mol. The molecule has 1 aliphatic rings. The van der Waals surface area contributed by atoms with Crippen LogP contribution < -0.4 is 14.2 Å². The molecule has 0 bridgehead atoms. The van der Waals surface area contributed by atoms with E-state index in [1.54, 1.807) is 68.6 Å².